The zero-order valence-corrected chi connectivity index (χ0v) is 8.64. The van der Waals surface area contributed by atoms with Gasteiger partial charge in [-0.25, -0.2) is 0 Å². The number of allylic oxidation sites excluding steroid dienone is 1. The molecule has 0 spiro atoms. The third kappa shape index (κ3) is 3.85. The van der Waals surface area contributed by atoms with E-state index in [1.54, 1.807) is 12.1 Å². The molecule has 0 heterocycles. The van der Waals surface area contributed by atoms with E-state index in [1.807, 2.05) is 13.0 Å². The van der Waals surface area contributed by atoms with Crippen LogP contribution in [0.15, 0.2) is 36.6 Å². The van der Waals surface area contributed by atoms with Crippen molar-refractivity contribution in [3.05, 3.63) is 42.2 Å². The molecular weight excluding hydrogens is 192 g/mol. The van der Waals surface area contributed by atoms with Gasteiger partial charge in [-0.05, 0) is 30.7 Å². The lowest BCUT2D eigenvalue weighted by Gasteiger charge is -2.00. The summed E-state index contributed by atoms with van der Waals surface area (Å²) in [4.78, 5) is 11.5. The fourth-order valence-corrected chi connectivity index (χ4v) is 1.02. The number of phenolic OH excluding ortho intramolecular Hbond substituents is 1. The molecule has 0 aliphatic carbocycles. The van der Waals surface area contributed by atoms with Crippen LogP contribution >= 0.6 is 0 Å². The molecule has 0 aromatic heterocycles. The molecule has 0 radical (unpaired) electrons. The molecule has 0 aliphatic heterocycles. The summed E-state index contributed by atoms with van der Waals surface area (Å²) in [5, 5.41) is 9.03. The molecule has 0 saturated heterocycles. The highest BCUT2D eigenvalue weighted by molar-refractivity contribution is 5.97. The number of phenols is 1. The van der Waals surface area contributed by atoms with Crippen LogP contribution in [0.1, 0.15) is 23.7 Å². The van der Waals surface area contributed by atoms with Crippen molar-refractivity contribution in [1.82, 2.24) is 0 Å². The molecule has 1 aromatic carbocycles. The van der Waals surface area contributed by atoms with E-state index in [4.69, 9.17) is 9.84 Å². The molecule has 0 fully saturated rings. The van der Waals surface area contributed by atoms with Crippen LogP contribution in [0.25, 0.3) is 0 Å². The number of Topliss-reactive ketones (excluding diaryl/α,β-unsaturated/α-hetero) is 1. The van der Waals surface area contributed by atoms with Gasteiger partial charge in [-0.15, -0.1) is 0 Å². The monoisotopic (exact) mass is 206 g/mol. The quantitative estimate of drug-likeness (QED) is 0.594. The standard InChI is InChI=1S/C12H14O3/c1-2-3-8-15-9-12(14)10-4-6-11(13)7-5-10/h3-8,13H,2,9H2,1H3. The minimum atomic E-state index is -0.101. The summed E-state index contributed by atoms with van der Waals surface area (Å²) in [6.07, 6.45) is 4.25. The van der Waals surface area contributed by atoms with Gasteiger partial charge in [-0.1, -0.05) is 13.0 Å². The number of hydrogen-bond donors (Lipinski definition) is 1. The Kier molecular flexibility index (Phi) is 4.41. The minimum Gasteiger partial charge on any atom is -0.508 e. The van der Waals surface area contributed by atoms with Crippen molar-refractivity contribution in [1.29, 1.82) is 0 Å². The maximum Gasteiger partial charge on any atom is 0.200 e. The fraction of sp³-hybridized carbons (Fsp3) is 0.250. The summed E-state index contributed by atoms with van der Waals surface area (Å²) in [6.45, 7) is 2.02. The Balaban J connectivity index is 2.47. The molecule has 3 heteroatoms. The molecule has 15 heavy (non-hydrogen) atoms. The summed E-state index contributed by atoms with van der Waals surface area (Å²) in [6, 6.07) is 6.11. The molecular formula is C12H14O3. The van der Waals surface area contributed by atoms with Crippen molar-refractivity contribution in [2.75, 3.05) is 6.61 Å². The summed E-state index contributed by atoms with van der Waals surface area (Å²) < 4.78 is 5.03. The maximum absolute atomic E-state index is 11.5. The van der Waals surface area contributed by atoms with Crippen LogP contribution in [0.3, 0.4) is 0 Å². The SMILES string of the molecule is CCC=COCC(=O)c1ccc(O)cc1. The lowest BCUT2D eigenvalue weighted by molar-refractivity contribution is 0.0886. The lowest BCUT2D eigenvalue weighted by Crippen LogP contribution is -2.05. The van der Waals surface area contributed by atoms with E-state index in [0.717, 1.165) is 6.42 Å². The third-order valence-electron chi connectivity index (χ3n) is 1.83. The van der Waals surface area contributed by atoms with E-state index in [1.165, 1.54) is 18.4 Å². The first-order valence-electron chi connectivity index (χ1n) is 4.83. The molecule has 0 saturated carbocycles. The van der Waals surface area contributed by atoms with Crippen molar-refractivity contribution in [3.63, 3.8) is 0 Å². The van der Waals surface area contributed by atoms with Gasteiger partial charge in [-0.2, -0.15) is 0 Å². The van der Waals surface area contributed by atoms with Crippen molar-refractivity contribution >= 4 is 5.78 Å². The van der Waals surface area contributed by atoms with E-state index in [-0.39, 0.29) is 18.1 Å². The van der Waals surface area contributed by atoms with Crippen LogP contribution in [0.2, 0.25) is 0 Å². The van der Waals surface area contributed by atoms with E-state index in [2.05, 4.69) is 0 Å². The van der Waals surface area contributed by atoms with Gasteiger partial charge in [0.2, 0.25) is 0 Å². The predicted octanol–water partition coefficient (Wildman–Crippen LogP) is 2.52. The number of aromatic hydroxyl groups is 1. The zero-order chi connectivity index (χ0) is 11.1. The Morgan fingerprint density at radius 1 is 1.40 bits per heavy atom. The number of rotatable bonds is 5. The first-order chi connectivity index (χ1) is 7.24. The lowest BCUT2D eigenvalue weighted by atomic mass is 10.1. The Morgan fingerprint density at radius 3 is 2.67 bits per heavy atom. The van der Waals surface area contributed by atoms with Gasteiger partial charge >= 0.3 is 0 Å². The van der Waals surface area contributed by atoms with Gasteiger partial charge in [0.15, 0.2) is 12.4 Å². The third-order valence-corrected chi connectivity index (χ3v) is 1.83. The highest BCUT2D eigenvalue weighted by atomic mass is 16.5. The minimum absolute atomic E-state index is 0.0290. The number of benzene rings is 1. The first kappa shape index (κ1) is 11.3. The van der Waals surface area contributed by atoms with Crippen molar-refractivity contribution in [2.45, 2.75) is 13.3 Å². The van der Waals surface area contributed by atoms with Crippen LogP contribution in [-0.4, -0.2) is 17.5 Å². The average molecular weight is 206 g/mol. The largest absolute Gasteiger partial charge is 0.508 e. The molecule has 0 unspecified atom stereocenters. The topological polar surface area (TPSA) is 46.5 Å². The van der Waals surface area contributed by atoms with Crippen LogP contribution in [-0.2, 0) is 4.74 Å². The van der Waals surface area contributed by atoms with Gasteiger partial charge < -0.3 is 9.84 Å². The summed E-state index contributed by atoms with van der Waals surface area (Å²) in [5.41, 5.74) is 0.540. The molecule has 1 aromatic rings. The Morgan fingerprint density at radius 2 is 2.07 bits per heavy atom. The molecule has 0 amide bonds. The highest BCUT2D eigenvalue weighted by Gasteiger charge is 2.04. The van der Waals surface area contributed by atoms with Gasteiger partial charge in [0.05, 0.1) is 6.26 Å². The maximum atomic E-state index is 11.5. The van der Waals surface area contributed by atoms with E-state index < -0.39 is 0 Å². The second-order valence-electron chi connectivity index (χ2n) is 3.06. The normalized spacial score (nSPS) is 10.5. The van der Waals surface area contributed by atoms with Crippen LogP contribution < -0.4 is 0 Å². The average Bonchev–Trinajstić information content (AvgIpc) is 2.25. The number of carbonyl (C=O) groups excluding carboxylic acids is 1. The molecule has 3 nitrogen and oxygen atoms in total. The Labute approximate surface area is 89.0 Å². The Bertz CT molecular complexity index is 338. The fourth-order valence-electron chi connectivity index (χ4n) is 1.02. The van der Waals surface area contributed by atoms with Crippen LogP contribution in [0.5, 0.6) is 5.75 Å². The molecule has 1 rings (SSSR count). The van der Waals surface area contributed by atoms with E-state index in [9.17, 15) is 4.79 Å². The van der Waals surface area contributed by atoms with Gasteiger partial charge in [0.1, 0.15) is 5.75 Å². The van der Waals surface area contributed by atoms with Crippen molar-refractivity contribution in [2.24, 2.45) is 0 Å². The number of carbonyl (C=O) groups is 1. The molecule has 0 bridgehead atoms. The first-order valence-corrected chi connectivity index (χ1v) is 4.83. The van der Waals surface area contributed by atoms with Gasteiger partial charge in [0, 0.05) is 5.56 Å². The van der Waals surface area contributed by atoms with E-state index in [0.29, 0.717) is 5.56 Å². The second-order valence-corrected chi connectivity index (χ2v) is 3.06. The highest BCUT2D eigenvalue weighted by Crippen LogP contribution is 2.10. The van der Waals surface area contributed by atoms with Gasteiger partial charge in [-0.3, -0.25) is 4.79 Å². The molecule has 1 N–H and O–H groups in total. The predicted molar refractivity (Wildman–Crippen MR) is 57.8 cm³/mol. The Hall–Kier alpha value is -1.77. The summed E-state index contributed by atoms with van der Waals surface area (Å²) >= 11 is 0. The second kappa shape index (κ2) is 5.86. The number of ether oxygens (including phenoxy) is 1. The van der Waals surface area contributed by atoms with Crippen LogP contribution in [0.4, 0.5) is 0 Å². The van der Waals surface area contributed by atoms with Crippen molar-refractivity contribution in [3.8, 4) is 5.75 Å². The van der Waals surface area contributed by atoms with Crippen LogP contribution in [0, 0.1) is 0 Å². The molecule has 80 valence electrons. The van der Waals surface area contributed by atoms with Crippen molar-refractivity contribution < 1.29 is 14.6 Å². The smallest absolute Gasteiger partial charge is 0.200 e. The van der Waals surface area contributed by atoms with Gasteiger partial charge in [0.25, 0.3) is 0 Å². The number of ketones is 1. The number of hydrogen-bond acceptors (Lipinski definition) is 3. The summed E-state index contributed by atoms with van der Waals surface area (Å²) in [5.74, 6) is 0.0501. The molecule has 0 atom stereocenters. The van der Waals surface area contributed by atoms with E-state index >= 15 is 0 Å². The summed E-state index contributed by atoms with van der Waals surface area (Å²) in [7, 11) is 0. The molecule has 0 aliphatic rings. The zero-order valence-electron chi connectivity index (χ0n) is 8.64.